The van der Waals surface area contributed by atoms with Crippen LogP contribution in [-0.4, -0.2) is 17.9 Å². The molecule has 0 aliphatic heterocycles. The SMILES string of the molecule is Cc1ccccc1NC(=O)c1ccc(O[C@@H](C)C(=O)Nc2ccccc2)cc1. The molecule has 28 heavy (non-hydrogen) atoms. The Morgan fingerprint density at radius 2 is 1.46 bits per heavy atom. The summed E-state index contributed by atoms with van der Waals surface area (Å²) in [5.41, 5.74) is 3.00. The number of carbonyl (C=O) groups is 2. The molecule has 0 bridgehead atoms. The Morgan fingerprint density at radius 1 is 0.821 bits per heavy atom. The summed E-state index contributed by atoms with van der Waals surface area (Å²) in [7, 11) is 0. The summed E-state index contributed by atoms with van der Waals surface area (Å²) < 4.78 is 5.68. The quantitative estimate of drug-likeness (QED) is 0.660. The number of nitrogens with one attached hydrogen (secondary N) is 2. The molecule has 142 valence electrons. The molecule has 0 unspecified atom stereocenters. The van der Waals surface area contributed by atoms with E-state index >= 15 is 0 Å². The van der Waals surface area contributed by atoms with Crippen molar-refractivity contribution in [3.05, 3.63) is 90.0 Å². The fraction of sp³-hybridized carbons (Fsp3) is 0.130. The summed E-state index contributed by atoms with van der Waals surface area (Å²) in [6, 6.07) is 23.5. The van der Waals surface area contributed by atoms with Crippen LogP contribution in [0.2, 0.25) is 0 Å². The second-order valence-electron chi connectivity index (χ2n) is 6.41. The van der Waals surface area contributed by atoms with Crippen molar-refractivity contribution in [3.63, 3.8) is 0 Å². The van der Waals surface area contributed by atoms with Crippen LogP contribution in [0, 0.1) is 6.92 Å². The molecular formula is C23H22N2O3. The van der Waals surface area contributed by atoms with Gasteiger partial charge in [-0.05, 0) is 61.9 Å². The van der Waals surface area contributed by atoms with Gasteiger partial charge in [0.15, 0.2) is 6.10 Å². The number of benzene rings is 3. The number of hydrogen-bond acceptors (Lipinski definition) is 3. The zero-order valence-corrected chi connectivity index (χ0v) is 15.8. The van der Waals surface area contributed by atoms with E-state index in [1.807, 2.05) is 61.5 Å². The lowest BCUT2D eigenvalue weighted by Crippen LogP contribution is -2.30. The molecule has 0 saturated heterocycles. The standard InChI is InChI=1S/C23H22N2O3/c1-16-8-6-7-11-21(16)25-23(27)18-12-14-20(15-13-18)28-17(2)22(26)24-19-9-4-3-5-10-19/h3-15,17H,1-2H3,(H,24,26)(H,25,27)/t17-/m0/s1. The van der Waals surface area contributed by atoms with E-state index in [4.69, 9.17) is 4.74 Å². The van der Waals surface area contributed by atoms with Gasteiger partial charge in [-0.25, -0.2) is 0 Å². The first-order valence-corrected chi connectivity index (χ1v) is 9.02. The molecule has 0 saturated carbocycles. The van der Waals surface area contributed by atoms with Gasteiger partial charge in [-0.3, -0.25) is 9.59 Å². The Labute approximate surface area is 164 Å². The maximum absolute atomic E-state index is 12.4. The predicted octanol–water partition coefficient (Wildman–Crippen LogP) is 4.65. The largest absolute Gasteiger partial charge is 0.481 e. The number of para-hydroxylation sites is 2. The monoisotopic (exact) mass is 374 g/mol. The van der Waals surface area contributed by atoms with E-state index in [9.17, 15) is 9.59 Å². The van der Waals surface area contributed by atoms with E-state index in [1.165, 1.54) is 0 Å². The van der Waals surface area contributed by atoms with Gasteiger partial charge in [0.2, 0.25) is 0 Å². The number of ether oxygens (including phenoxy) is 1. The first-order valence-electron chi connectivity index (χ1n) is 9.02. The third-order valence-corrected chi connectivity index (χ3v) is 4.23. The molecule has 5 nitrogen and oxygen atoms in total. The summed E-state index contributed by atoms with van der Waals surface area (Å²) in [5, 5.41) is 5.68. The normalized spacial score (nSPS) is 11.4. The first-order chi connectivity index (χ1) is 13.5. The molecule has 3 aromatic rings. The van der Waals surface area contributed by atoms with Crippen LogP contribution in [0.15, 0.2) is 78.9 Å². The van der Waals surface area contributed by atoms with Crippen molar-refractivity contribution in [1.82, 2.24) is 0 Å². The van der Waals surface area contributed by atoms with Crippen LogP contribution in [0.4, 0.5) is 11.4 Å². The Balaban J connectivity index is 1.58. The number of rotatable bonds is 6. The minimum Gasteiger partial charge on any atom is -0.481 e. The molecule has 0 fully saturated rings. The van der Waals surface area contributed by atoms with Crippen LogP contribution in [0.1, 0.15) is 22.8 Å². The molecule has 2 N–H and O–H groups in total. The van der Waals surface area contributed by atoms with Gasteiger partial charge in [0.1, 0.15) is 5.75 Å². The summed E-state index contributed by atoms with van der Waals surface area (Å²) in [4.78, 5) is 24.6. The number of carbonyl (C=O) groups excluding carboxylic acids is 2. The Kier molecular flexibility index (Phi) is 6.07. The molecule has 0 aliphatic rings. The molecule has 0 aromatic heterocycles. The van der Waals surface area contributed by atoms with Crippen LogP contribution in [0.3, 0.4) is 0 Å². The van der Waals surface area contributed by atoms with Crippen LogP contribution in [0.5, 0.6) is 5.75 Å². The smallest absolute Gasteiger partial charge is 0.265 e. The number of hydrogen-bond donors (Lipinski definition) is 2. The van der Waals surface area contributed by atoms with Crippen LogP contribution < -0.4 is 15.4 Å². The van der Waals surface area contributed by atoms with Crippen molar-refractivity contribution >= 4 is 23.2 Å². The van der Waals surface area contributed by atoms with Crippen molar-refractivity contribution in [2.24, 2.45) is 0 Å². The topological polar surface area (TPSA) is 67.4 Å². The van der Waals surface area contributed by atoms with E-state index in [0.29, 0.717) is 17.0 Å². The molecule has 5 heteroatoms. The van der Waals surface area contributed by atoms with Gasteiger partial charge in [0.25, 0.3) is 11.8 Å². The van der Waals surface area contributed by atoms with E-state index in [2.05, 4.69) is 10.6 Å². The van der Waals surface area contributed by atoms with Gasteiger partial charge in [0, 0.05) is 16.9 Å². The Morgan fingerprint density at radius 3 is 2.14 bits per heavy atom. The third-order valence-electron chi connectivity index (χ3n) is 4.23. The van der Waals surface area contributed by atoms with Crippen LogP contribution in [-0.2, 0) is 4.79 Å². The first kappa shape index (κ1) is 19.2. The van der Waals surface area contributed by atoms with E-state index in [1.54, 1.807) is 31.2 Å². The fourth-order valence-corrected chi connectivity index (χ4v) is 2.62. The number of amides is 2. The van der Waals surface area contributed by atoms with Gasteiger partial charge >= 0.3 is 0 Å². The number of anilines is 2. The summed E-state index contributed by atoms with van der Waals surface area (Å²) in [6.45, 7) is 3.62. The maximum Gasteiger partial charge on any atom is 0.265 e. The van der Waals surface area contributed by atoms with Gasteiger partial charge in [-0.15, -0.1) is 0 Å². The minimum absolute atomic E-state index is 0.198. The molecule has 3 rings (SSSR count). The summed E-state index contributed by atoms with van der Waals surface area (Å²) in [6.07, 6.45) is -0.674. The lowest BCUT2D eigenvalue weighted by atomic mass is 10.1. The molecule has 2 amide bonds. The fourth-order valence-electron chi connectivity index (χ4n) is 2.62. The van der Waals surface area contributed by atoms with Gasteiger partial charge in [-0.1, -0.05) is 36.4 Å². The van der Waals surface area contributed by atoms with E-state index in [0.717, 1.165) is 11.3 Å². The van der Waals surface area contributed by atoms with Gasteiger partial charge in [-0.2, -0.15) is 0 Å². The zero-order valence-electron chi connectivity index (χ0n) is 15.8. The highest BCUT2D eigenvalue weighted by atomic mass is 16.5. The molecule has 3 aromatic carbocycles. The van der Waals surface area contributed by atoms with Crippen LogP contribution in [0.25, 0.3) is 0 Å². The highest BCUT2D eigenvalue weighted by Crippen LogP contribution is 2.18. The third kappa shape index (κ3) is 4.98. The minimum atomic E-state index is -0.674. The molecular weight excluding hydrogens is 352 g/mol. The highest BCUT2D eigenvalue weighted by Gasteiger charge is 2.15. The summed E-state index contributed by atoms with van der Waals surface area (Å²) in [5.74, 6) is 0.0754. The molecule has 1 atom stereocenters. The predicted molar refractivity (Wildman–Crippen MR) is 111 cm³/mol. The summed E-state index contributed by atoms with van der Waals surface area (Å²) >= 11 is 0. The van der Waals surface area contributed by atoms with Gasteiger partial charge in [0.05, 0.1) is 0 Å². The van der Waals surface area contributed by atoms with Crippen molar-refractivity contribution in [2.45, 2.75) is 20.0 Å². The highest BCUT2D eigenvalue weighted by molar-refractivity contribution is 6.04. The Bertz CT molecular complexity index is 953. The van der Waals surface area contributed by atoms with Crippen molar-refractivity contribution in [2.75, 3.05) is 10.6 Å². The number of aryl methyl sites for hydroxylation is 1. The average Bonchev–Trinajstić information content (AvgIpc) is 2.71. The lowest BCUT2D eigenvalue weighted by molar-refractivity contribution is -0.122. The molecule has 0 aliphatic carbocycles. The second kappa shape index (κ2) is 8.86. The van der Waals surface area contributed by atoms with Crippen molar-refractivity contribution in [3.8, 4) is 5.75 Å². The average molecular weight is 374 g/mol. The zero-order chi connectivity index (χ0) is 19.9. The lowest BCUT2D eigenvalue weighted by Gasteiger charge is -2.15. The van der Waals surface area contributed by atoms with E-state index < -0.39 is 6.10 Å². The maximum atomic E-state index is 12.4. The molecule has 0 heterocycles. The molecule has 0 radical (unpaired) electrons. The molecule has 0 spiro atoms. The van der Waals surface area contributed by atoms with E-state index in [-0.39, 0.29) is 11.8 Å². The second-order valence-corrected chi connectivity index (χ2v) is 6.41. The van der Waals surface area contributed by atoms with Crippen LogP contribution >= 0.6 is 0 Å². The van der Waals surface area contributed by atoms with Crippen molar-refractivity contribution in [1.29, 1.82) is 0 Å². The Hall–Kier alpha value is -3.60. The van der Waals surface area contributed by atoms with Gasteiger partial charge < -0.3 is 15.4 Å². The van der Waals surface area contributed by atoms with Crippen molar-refractivity contribution < 1.29 is 14.3 Å².